The SMILES string of the molecule is OCCOc1cc(OCCO)c2c(c1)O[C@H](c1ccc(OCCO)c(OCCO)c1)[C@@H](O)C2. The van der Waals surface area contributed by atoms with Crippen molar-refractivity contribution in [3.05, 3.63) is 41.5 Å². The van der Waals surface area contributed by atoms with E-state index in [0.717, 1.165) is 0 Å². The van der Waals surface area contributed by atoms with Crippen LogP contribution in [0.4, 0.5) is 0 Å². The summed E-state index contributed by atoms with van der Waals surface area (Å²) in [4.78, 5) is 0. The van der Waals surface area contributed by atoms with Gasteiger partial charge in [-0.15, -0.1) is 0 Å². The van der Waals surface area contributed by atoms with E-state index in [2.05, 4.69) is 0 Å². The Morgan fingerprint density at radius 1 is 0.727 bits per heavy atom. The van der Waals surface area contributed by atoms with Crippen LogP contribution in [-0.2, 0) is 6.42 Å². The second kappa shape index (κ2) is 12.5. The van der Waals surface area contributed by atoms with E-state index in [4.69, 9.17) is 44.1 Å². The van der Waals surface area contributed by atoms with E-state index >= 15 is 0 Å². The van der Waals surface area contributed by atoms with Gasteiger partial charge in [0.25, 0.3) is 0 Å². The maximum atomic E-state index is 10.9. The van der Waals surface area contributed by atoms with Crippen LogP contribution in [0.2, 0.25) is 0 Å². The van der Waals surface area contributed by atoms with E-state index in [1.165, 1.54) is 0 Å². The molecule has 0 saturated carbocycles. The Morgan fingerprint density at radius 3 is 2.00 bits per heavy atom. The summed E-state index contributed by atoms with van der Waals surface area (Å²) in [6, 6.07) is 8.34. The molecule has 10 nitrogen and oxygen atoms in total. The summed E-state index contributed by atoms with van der Waals surface area (Å²) in [7, 11) is 0. The first-order chi connectivity index (χ1) is 16.1. The summed E-state index contributed by atoms with van der Waals surface area (Å²) in [6.07, 6.45) is -1.41. The third-order valence-corrected chi connectivity index (χ3v) is 4.86. The van der Waals surface area contributed by atoms with Gasteiger partial charge in [0.1, 0.15) is 49.8 Å². The van der Waals surface area contributed by atoms with Crippen LogP contribution < -0.4 is 23.7 Å². The van der Waals surface area contributed by atoms with Gasteiger partial charge in [0.2, 0.25) is 0 Å². The average Bonchev–Trinajstić information content (AvgIpc) is 2.83. The number of hydrogen-bond donors (Lipinski definition) is 5. The van der Waals surface area contributed by atoms with E-state index < -0.39 is 12.2 Å². The Balaban J connectivity index is 1.91. The third-order valence-electron chi connectivity index (χ3n) is 4.86. The monoisotopic (exact) mass is 466 g/mol. The molecule has 2 atom stereocenters. The van der Waals surface area contributed by atoms with Crippen LogP contribution in [0.5, 0.6) is 28.7 Å². The summed E-state index contributed by atoms with van der Waals surface area (Å²) in [6.45, 7) is -0.403. The normalized spacial score (nSPS) is 17.1. The van der Waals surface area contributed by atoms with Crippen molar-refractivity contribution >= 4 is 0 Å². The van der Waals surface area contributed by atoms with E-state index in [0.29, 0.717) is 39.9 Å². The molecule has 33 heavy (non-hydrogen) atoms. The zero-order chi connectivity index (χ0) is 23.6. The molecule has 2 aromatic rings. The fourth-order valence-electron chi connectivity index (χ4n) is 3.50. The first-order valence-corrected chi connectivity index (χ1v) is 10.7. The highest BCUT2D eigenvalue weighted by Gasteiger charge is 2.33. The number of rotatable bonds is 13. The Morgan fingerprint density at radius 2 is 1.33 bits per heavy atom. The van der Waals surface area contributed by atoms with E-state index in [1.807, 2.05) is 0 Å². The van der Waals surface area contributed by atoms with Crippen molar-refractivity contribution in [3.8, 4) is 28.7 Å². The number of aliphatic hydroxyl groups excluding tert-OH is 5. The van der Waals surface area contributed by atoms with Crippen LogP contribution >= 0.6 is 0 Å². The molecule has 0 bridgehead atoms. The smallest absolute Gasteiger partial charge is 0.161 e. The molecule has 1 heterocycles. The van der Waals surface area contributed by atoms with Gasteiger partial charge < -0.3 is 49.2 Å². The van der Waals surface area contributed by atoms with E-state index in [1.54, 1.807) is 30.3 Å². The minimum Gasteiger partial charge on any atom is -0.491 e. The minimum atomic E-state index is -0.909. The lowest BCUT2D eigenvalue weighted by atomic mass is 9.93. The lowest BCUT2D eigenvalue weighted by molar-refractivity contribution is 0.0191. The summed E-state index contributed by atoms with van der Waals surface area (Å²) in [5.74, 6) is 2.04. The molecule has 0 spiro atoms. The topological polar surface area (TPSA) is 147 Å². The largest absolute Gasteiger partial charge is 0.491 e. The van der Waals surface area contributed by atoms with Gasteiger partial charge in [-0.1, -0.05) is 6.07 Å². The van der Waals surface area contributed by atoms with Crippen LogP contribution in [-0.4, -0.2) is 84.5 Å². The number of benzene rings is 2. The molecule has 0 amide bonds. The van der Waals surface area contributed by atoms with Crippen molar-refractivity contribution in [2.24, 2.45) is 0 Å². The van der Waals surface area contributed by atoms with Gasteiger partial charge in [-0.25, -0.2) is 0 Å². The Bertz CT molecular complexity index is 888. The Labute approximate surface area is 191 Å². The summed E-state index contributed by atoms with van der Waals surface area (Å²) in [5, 5.41) is 47.2. The van der Waals surface area contributed by atoms with Crippen LogP contribution in [0.25, 0.3) is 0 Å². The first kappa shape index (κ1) is 24.9. The van der Waals surface area contributed by atoms with Crippen molar-refractivity contribution in [2.45, 2.75) is 18.6 Å². The number of hydrogen-bond acceptors (Lipinski definition) is 10. The minimum absolute atomic E-state index is 0.0486. The van der Waals surface area contributed by atoms with E-state index in [9.17, 15) is 5.11 Å². The first-order valence-electron chi connectivity index (χ1n) is 10.7. The highest BCUT2D eigenvalue weighted by Crippen LogP contribution is 2.43. The molecule has 0 unspecified atom stereocenters. The predicted molar refractivity (Wildman–Crippen MR) is 116 cm³/mol. The number of ether oxygens (including phenoxy) is 5. The highest BCUT2D eigenvalue weighted by molar-refractivity contribution is 5.53. The van der Waals surface area contributed by atoms with Crippen molar-refractivity contribution in [1.82, 2.24) is 0 Å². The summed E-state index contributed by atoms with van der Waals surface area (Å²) < 4.78 is 28.3. The maximum Gasteiger partial charge on any atom is 0.161 e. The molecule has 0 aromatic heterocycles. The van der Waals surface area contributed by atoms with Gasteiger partial charge in [0, 0.05) is 24.1 Å². The molecular formula is C23H30O10. The van der Waals surface area contributed by atoms with Gasteiger partial charge in [-0.3, -0.25) is 0 Å². The second-order valence-corrected chi connectivity index (χ2v) is 7.20. The van der Waals surface area contributed by atoms with Gasteiger partial charge in [-0.2, -0.15) is 0 Å². The van der Waals surface area contributed by atoms with Gasteiger partial charge in [-0.05, 0) is 17.7 Å². The lowest BCUT2D eigenvalue weighted by Crippen LogP contribution is -2.31. The zero-order valence-electron chi connectivity index (χ0n) is 18.2. The fraction of sp³-hybridized carbons (Fsp3) is 0.478. The highest BCUT2D eigenvalue weighted by atomic mass is 16.5. The fourth-order valence-corrected chi connectivity index (χ4v) is 3.50. The third kappa shape index (κ3) is 6.40. The molecule has 1 aliphatic heterocycles. The predicted octanol–water partition coefficient (Wildman–Crippen LogP) is 0.208. The van der Waals surface area contributed by atoms with Crippen LogP contribution in [0, 0.1) is 0 Å². The molecule has 5 N–H and O–H groups in total. The molecule has 2 aromatic carbocycles. The molecule has 3 rings (SSSR count). The standard InChI is InChI=1S/C23H30O10/c24-3-7-29-16-12-20(31-9-5-26)17-14-18(28)23(33-21(17)13-16)15-1-2-19(30-8-4-25)22(11-15)32-10-6-27/h1-2,11-13,18,23-28H,3-10,14H2/t18-,23+/m0/s1. The molecule has 1 aliphatic rings. The quantitative estimate of drug-likeness (QED) is 0.277. The number of aliphatic hydroxyl groups is 5. The zero-order valence-corrected chi connectivity index (χ0v) is 18.2. The molecule has 0 radical (unpaired) electrons. The lowest BCUT2D eigenvalue weighted by Gasteiger charge is -2.32. The average molecular weight is 466 g/mol. The van der Waals surface area contributed by atoms with Crippen molar-refractivity contribution in [3.63, 3.8) is 0 Å². The Hall–Kier alpha value is -2.76. The summed E-state index contributed by atoms with van der Waals surface area (Å²) in [5.41, 5.74) is 1.26. The van der Waals surface area contributed by atoms with Crippen molar-refractivity contribution < 1.29 is 49.2 Å². The molecule has 0 saturated heterocycles. The Kier molecular flexibility index (Phi) is 9.40. The van der Waals surface area contributed by atoms with E-state index in [-0.39, 0.29) is 59.3 Å². The van der Waals surface area contributed by atoms with Gasteiger partial charge >= 0.3 is 0 Å². The number of fused-ring (bicyclic) bond motifs is 1. The second-order valence-electron chi connectivity index (χ2n) is 7.20. The van der Waals surface area contributed by atoms with Crippen LogP contribution in [0.3, 0.4) is 0 Å². The van der Waals surface area contributed by atoms with Gasteiger partial charge in [0.15, 0.2) is 11.5 Å². The molecule has 10 heteroatoms. The molecule has 0 fully saturated rings. The van der Waals surface area contributed by atoms with Crippen LogP contribution in [0.15, 0.2) is 30.3 Å². The van der Waals surface area contributed by atoms with Gasteiger partial charge in [0.05, 0.1) is 32.5 Å². The van der Waals surface area contributed by atoms with Crippen molar-refractivity contribution in [1.29, 1.82) is 0 Å². The summed E-state index contributed by atoms with van der Waals surface area (Å²) >= 11 is 0. The van der Waals surface area contributed by atoms with Crippen molar-refractivity contribution in [2.75, 3.05) is 52.9 Å². The maximum absolute atomic E-state index is 10.9. The van der Waals surface area contributed by atoms with Crippen LogP contribution in [0.1, 0.15) is 17.2 Å². The molecule has 0 aliphatic carbocycles. The molecule has 182 valence electrons. The molecular weight excluding hydrogens is 436 g/mol.